The first kappa shape index (κ1) is 11.8. The number of hydrogen-bond acceptors (Lipinski definition) is 3. The van der Waals surface area contributed by atoms with Crippen molar-refractivity contribution in [1.82, 2.24) is 0 Å². The van der Waals surface area contributed by atoms with Crippen LogP contribution in [0.3, 0.4) is 0 Å². The van der Waals surface area contributed by atoms with Crippen molar-refractivity contribution >= 4 is 33.3 Å². The average molecular weight is 293 g/mol. The molecule has 1 amide bonds. The predicted molar refractivity (Wildman–Crippen MR) is 65.7 cm³/mol. The van der Waals surface area contributed by atoms with E-state index in [2.05, 4.69) is 15.9 Å². The van der Waals surface area contributed by atoms with Gasteiger partial charge in [0.2, 0.25) is 0 Å². The molecule has 86 valence electrons. The lowest BCUT2D eigenvalue weighted by Crippen LogP contribution is -2.30. The first-order valence-corrected chi connectivity index (χ1v) is 5.97. The van der Waals surface area contributed by atoms with Crippen molar-refractivity contribution in [1.29, 1.82) is 5.26 Å². The number of Topliss-reactive ketones (excluding diaryl/α,β-unsaturated/α-hetero) is 1. The van der Waals surface area contributed by atoms with Gasteiger partial charge in [0.25, 0.3) is 11.7 Å². The van der Waals surface area contributed by atoms with Crippen LogP contribution in [0.4, 0.5) is 5.69 Å². The monoisotopic (exact) mass is 292 g/mol. The van der Waals surface area contributed by atoms with Crippen LogP contribution in [0.2, 0.25) is 0 Å². The molecule has 0 saturated carbocycles. The minimum absolute atomic E-state index is 0.376. The summed E-state index contributed by atoms with van der Waals surface area (Å²) in [5, 5.41) is 8.47. The Balaban J connectivity index is 2.30. The van der Waals surface area contributed by atoms with E-state index in [1.807, 2.05) is 6.07 Å². The summed E-state index contributed by atoms with van der Waals surface area (Å²) in [6.07, 6.45) is 0.947. The zero-order chi connectivity index (χ0) is 12.4. The molecular weight excluding hydrogens is 284 g/mol. The van der Waals surface area contributed by atoms with Gasteiger partial charge in [-0.2, -0.15) is 5.26 Å². The normalized spacial score (nSPS) is 13.8. The molecule has 0 unspecified atom stereocenters. The lowest BCUT2D eigenvalue weighted by molar-refractivity contribution is -0.114. The molecule has 0 aliphatic carbocycles. The minimum Gasteiger partial charge on any atom is -0.305 e. The molecule has 0 N–H and O–H groups in total. The second-order valence-electron chi connectivity index (χ2n) is 3.71. The van der Waals surface area contributed by atoms with Crippen molar-refractivity contribution in [3.05, 3.63) is 28.2 Å². The van der Waals surface area contributed by atoms with Crippen LogP contribution in [-0.2, 0) is 4.79 Å². The Kier molecular flexibility index (Phi) is 3.25. The van der Waals surface area contributed by atoms with Crippen molar-refractivity contribution < 1.29 is 9.59 Å². The number of rotatable bonds is 3. The van der Waals surface area contributed by atoms with Crippen LogP contribution in [0, 0.1) is 11.3 Å². The number of benzene rings is 1. The predicted octanol–water partition coefficient (Wildman–Crippen LogP) is 2.28. The summed E-state index contributed by atoms with van der Waals surface area (Å²) in [6, 6.07) is 7.16. The fraction of sp³-hybridized carbons (Fsp3) is 0.250. The molecule has 0 fully saturated rings. The molecule has 4 nitrogen and oxygen atoms in total. The first-order valence-electron chi connectivity index (χ1n) is 5.18. The van der Waals surface area contributed by atoms with Gasteiger partial charge in [0, 0.05) is 17.4 Å². The molecule has 0 bridgehead atoms. The summed E-state index contributed by atoms with van der Waals surface area (Å²) in [7, 11) is 0. The lowest BCUT2D eigenvalue weighted by atomic mass is 10.1. The molecular formula is C12H9BrN2O2. The Hall–Kier alpha value is -1.67. The van der Waals surface area contributed by atoms with E-state index in [9.17, 15) is 9.59 Å². The number of halogens is 1. The van der Waals surface area contributed by atoms with Gasteiger partial charge in [-0.05, 0) is 24.6 Å². The molecule has 5 heteroatoms. The van der Waals surface area contributed by atoms with E-state index in [1.165, 1.54) is 4.90 Å². The minimum atomic E-state index is -0.504. The van der Waals surface area contributed by atoms with Gasteiger partial charge < -0.3 is 4.90 Å². The number of fused-ring (bicyclic) bond motifs is 1. The van der Waals surface area contributed by atoms with E-state index in [-0.39, 0.29) is 0 Å². The van der Waals surface area contributed by atoms with E-state index in [0.717, 1.165) is 4.47 Å². The largest absolute Gasteiger partial charge is 0.305 e. The maximum Gasteiger partial charge on any atom is 0.299 e. The number of unbranched alkanes of at least 4 members (excludes halogenated alkanes) is 1. The fourth-order valence-corrected chi connectivity index (χ4v) is 2.15. The Morgan fingerprint density at radius 3 is 2.82 bits per heavy atom. The standard InChI is InChI=1S/C12H9BrN2O2/c13-8-3-4-9-10(7-8)15(6-2-1-5-14)12(17)11(9)16/h3-4,7H,1-2,6H2. The molecule has 0 atom stereocenters. The highest BCUT2D eigenvalue weighted by atomic mass is 79.9. The molecule has 0 radical (unpaired) electrons. The zero-order valence-corrected chi connectivity index (χ0v) is 10.5. The Labute approximate surface area is 107 Å². The number of hydrogen-bond donors (Lipinski definition) is 0. The van der Waals surface area contributed by atoms with E-state index < -0.39 is 11.7 Å². The van der Waals surface area contributed by atoms with E-state index in [4.69, 9.17) is 5.26 Å². The van der Waals surface area contributed by atoms with Crippen LogP contribution < -0.4 is 4.90 Å². The van der Waals surface area contributed by atoms with Crippen molar-refractivity contribution in [3.63, 3.8) is 0 Å². The molecule has 17 heavy (non-hydrogen) atoms. The highest BCUT2D eigenvalue weighted by Gasteiger charge is 2.35. The van der Waals surface area contributed by atoms with E-state index >= 15 is 0 Å². The van der Waals surface area contributed by atoms with Crippen LogP contribution in [0.15, 0.2) is 22.7 Å². The number of carbonyl (C=O) groups is 2. The van der Waals surface area contributed by atoms with Crippen LogP contribution in [0.5, 0.6) is 0 Å². The van der Waals surface area contributed by atoms with Crippen molar-refractivity contribution in [2.24, 2.45) is 0 Å². The van der Waals surface area contributed by atoms with Crippen LogP contribution in [0.1, 0.15) is 23.2 Å². The smallest absolute Gasteiger partial charge is 0.299 e. The Morgan fingerprint density at radius 1 is 1.35 bits per heavy atom. The summed E-state index contributed by atoms with van der Waals surface area (Å²) in [6.45, 7) is 0.404. The summed E-state index contributed by atoms with van der Waals surface area (Å²) in [4.78, 5) is 24.9. The highest BCUT2D eigenvalue weighted by molar-refractivity contribution is 9.10. The van der Waals surface area contributed by atoms with Gasteiger partial charge in [0.05, 0.1) is 17.3 Å². The van der Waals surface area contributed by atoms with Gasteiger partial charge in [0.1, 0.15) is 0 Å². The quantitative estimate of drug-likeness (QED) is 0.634. The number of nitrogens with zero attached hydrogens (tertiary/aromatic N) is 2. The number of carbonyl (C=O) groups excluding carboxylic acids is 2. The van der Waals surface area contributed by atoms with Crippen LogP contribution in [0.25, 0.3) is 0 Å². The van der Waals surface area contributed by atoms with E-state index in [0.29, 0.717) is 30.6 Å². The molecule has 2 rings (SSSR count). The molecule has 1 aromatic carbocycles. The summed E-state index contributed by atoms with van der Waals surface area (Å²) < 4.78 is 0.823. The number of ketones is 1. The Bertz CT molecular complexity index is 534. The topological polar surface area (TPSA) is 61.2 Å². The van der Waals surface area contributed by atoms with Gasteiger partial charge in [0.15, 0.2) is 0 Å². The zero-order valence-electron chi connectivity index (χ0n) is 8.94. The fourth-order valence-electron chi connectivity index (χ4n) is 1.81. The van der Waals surface area contributed by atoms with Crippen molar-refractivity contribution in [3.8, 4) is 6.07 Å². The second-order valence-corrected chi connectivity index (χ2v) is 4.62. The summed E-state index contributed by atoms with van der Waals surface area (Å²) in [5.74, 6) is -0.972. The maximum atomic E-state index is 11.7. The number of nitriles is 1. The molecule has 1 heterocycles. The third kappa shape index (κ3) is 2.08. The SMILES string of the molecule is N#CCCCN1C(=O)C(=O)c2ccc(Br)cc21. The molecule has 0 aromatic heterocycles. The molecule has 1 aromatic rings. The lowest BCUT2D eigenvalue weighted by Gasteiger charge is -2.15. The van der Waals surface area contributed by atoms with Crippen molar-refractivity contribution in [2.75, 3.05) is 11.4 Å². The van der Waals surface area contributed by atoms with E-state index in [1.54, 1.807) is 18.2 Å². The van der Waals surface area contributed by atoms with Crippen molar-refractivity contribution in [2.45, 2.75) is 12.8 Å². The molecule has 0 spiro atoms. The average Bonchev–Trinajstić information content (AvgIpc) is 2.54. The van der Waals surface area contributed by atoms with Gasteiger partial charge in [-0.1, -0.05) is 15.9 Å². The first-order chi connectivity index (χ1) is 8.15. The molecule has 1 aliphatic heterocycles. The summed E-state index contributed by atoms with van der Waals surface area (Å²) in [5.41, 5.74) is 1.07. The molecule has 0 saturated heterocycles. The van der Waals surface area contributed by atoms with Gasteiger partial charge >= 0.3 is 0 Å². The van der Waals surface area contributed by atoms with Crippen LogP contribution in [-0.4, -0.2) is 18.2 Å². The Morgan fingerprint density at radius 2 is 2.12 bits per heavy atom. The van der Waals surface area contributed by atoms with Gasteiger partial charge in [-0.3, -0.25) is 9.59 Å². The second kappa shape index (κ2) is 4.68. The van der Waals surface area contributed by atoms with Crippen LogP contribution >= 0.6 is 15.9 Å². The number of anilines is 1. The third-order valence-corrected chi connectivity index (χ3v) is 3.10. The number of amides is 1. The molecule has 1 aliphatic rings. The maximum absolute atomic E-state index is 11.7. The third-order valence-electron chi connectivity index (χ3n) is 2.60. The summed E-state index contributed by atoms with van der Waals surface area (Å²) >= 11 is 3.31. The highest BCUT2D eigenvalue weighted by Crippen LogP contribution is 2.31. The van der Waals surface area contributed by atoms with Gasteiger partial charge in [-0.25, -0.2) is 0 Å². The van der Waals surface area contributed by atoms with Gasteiger partial charge in [-0.15, -0.1) is 0 Å².